The van der Waals surface area contributed by atoms with E-state index >= 15 is 0 Å². The summed E-state index contributed by atoms with van der Waals surface area (Å²) in [4.78, 5) is 17.7. The maximum Gasteiger partial charge on any atom is 0.472 e. The fourth-order valence-corrected chi connectivity index (χ4v) is 2.14. The second kappa shape index (κ2) is 5.76. The summed E-state index contributed by atoms with van der Waals surface area (Å²) in [7, 11) is -4.74. The molecular weight excluding hydrogens is 243 g/mol. The van der Waals surface area contributed by atoms with E-state index in [1.807, 2.05) is 6.92 Å². The molecule has 0 aliphatic carbocycles. The van der Waals surface area contributed by atoms with Crippen LogP contribution in [0.15, 0.2) is 30.3 Å². The summed E-state index contributed by atoms with van der Waals surface area (Å²) in [5.41, 5.74) is 0.344. The van der Waals surface area contributed by atoms with Crippen LogP contribution in [0.5, 0.6) is 0 Å². The van der Waals surface area contributed by atoms with Crippen LogP contribution in [0, 0.1) is 0 Å². The monoisotopic (exact) mass is 260 g/mol. The van der Waals surface area contributed by atoms with Crippen molar-refractivity contribution < 1.29 is 24.0 Å². The highest BCUT2D eigenvalue weighted by molar-refractivity contribution is 7.46. The Kier molecular flexibility index (Phi) is 4.86. The first kappa shape index (κ1) is 14.4. The zero-order valence-corrected chi connectivity index (χ0v) is 10.5. The summed E-state index contributed by atoms with van der Waals surface area (Å²) in [6, 6.07) is 8.25. The first-order valence-corrected chi connectivity index (χ1v) is 6.94. The summed E-state index contributed by atoms with van der Waals surface area (Å²) in [6.45, 7) is 1.92. The molecule has 0 heterocycles. The van der Waals surface area contributed by atoms with Gasteiger partial charge in [-0.25, -0.2) is 9.09 Å². The largest absolute Gasteiger partial charge is 0.472 e. The molecular formula is C11H17O5P. The molecule has 0 bridgehead atoms. The lowest BCUT2D eigenvalue weighted by Gasteiger charge is -2.28. The van der Waals surface area contributed by atoms with E-state index in [2.05, 4.69) is 4.52 Å². The SMILES string of the molecule is CCCCC(O)(OP(=O)(O)O)c1ccccc1. The third kappa shape index (κ3) is 4.58. The first-order chi connectivity index (χ1) is 7.87. The van der Waals surface area contributed by atoms with Gasteiger partial charge in [0, 0.05) is 12.0 Å². The summed E-state index contributed by atoms with van der Waals surface area (Å²) >= 11 is 0. The van der Waals surface area contributed by atoms with E-state index in [9.17, 15) is 9.67 Å². The molecule has 0 aliphatic rings. The summed E-state index contributed by atoms with van der Waals surface area (Å²) < 4.78 is 15.4. The highest BCUT2D eigenvalue weighted by atomic mass is 31.2. The lowest BCUT2D eigenvalue weighted by atomic mass is 10.0. The minimum Gasteiger partial charge on any atom is -0.361 e. The van der Waals surface area contributed by atoms with E-state index in [-0.39, 0.29) is 6.42 Å². The molecule has 1 aromatic carbocycles. The minimum atomic E-state index is -4.74. The van der Waals surface area contributed by atoms with Gasteiger partial charge < -0.3 is 14.9 Å². The van der Waals surface area contributed by atoms with E-state index in [4.69, 9.17) is 9.79 Å². The molecule has 1 aromatic rings. The van der Waals surface area contributed by atoms with E-state index in [1.165, 1.54) is 0 Å². The molecule has 0 spiro atoms. The van der Waals surface area contributed by atoms with Gasteiger partial charge in [-0.2, -0.15) is 0 Å². The quantitative estimate of drug-likeness (QED) is 0.538. The van der Waals surface area contributed by atoms with Crippen molar-refractivity contribution in [2.45, 2.75) is 32.0 Å². The van der Waals surface area contributed by atoms with Crippen LogP contribution in [-0.2, 0) is 14.9 Å². The second-order valence-corrected chi connectivity index (χ2v) is 5.00. The Morgan fingerprint density at radius 2 is 1.88 bits per heavy atom. The zero-order chi connectivity index (χ0) is 12.9. The highest BCUT2D eigenvalue weighted by Gasteiger charge is 2.36. The molecule has 96 valence electrons. The van der Waals surface area contributed by atoms with Gasteiger partial charge >= 0.3 is 7.82 Å². The zero-order valence-electron chi connectivity index (χ0n) is 9.61. The Bertz CT molecular complexity index is 388. The normalized spacial score (nSPS) is 15.5. The maximum absolute atomic E-state index is 10.9. The summed E-state index contributed by atoms with van der Waals surface area (Å²) in [6.07, 6.45) is 1.53. The molecule has 0 saturated heterocycles. The molecule has 1 rings (SSSR count). The molecule has 5 nitrogen and oxygen atoms in total. The lowest BCUT2D eigenvalue weighted by Crippen LogP contribution is -2.28. The smallest absolute Gasteiger partial charge is 0.361 e. The standard InChI is InChI=1S/C11H17O5P/c1-2-3-9-11(12,16-17(13,14)15)10-7-5-4-6-8-10/h4-8,12H,2-3,9H2,1H3,(H2,13,14,15). The van der Waals surface area contributed by atoms with Crippen LogP contribution >= 0.6 is 7.82 Å². The van der Waals surface area contributed by atoms with E-state index in [0.29, 0.717) is 12.0 Å². The Morgan fingerprint density at radius 3 is 2.35 bits per heavy atom. The van der Waals surface area contributed by atoms with Gasteiger partial charge in [-0.1, -0.05) is 43.7 Å². The fourth-order valence-electron chi connectivity index (χ4n) is 1.55. The predicted molar refractivity (Wildman–Crippen MR) is 63.0 cm³/mol. The Labute approximate surface area is 100 Å². The topological polar surface area (TPSA) is 87.0 Å². The summed E-state index contributed by atoms with van der Waals surface area (Å²) in [5, 5.41) is 10.2. The van der Waals surface area contributed by atoms with Crippen LogP contribution in [0.25, 0.3) is 0 Å². The van der Waals surface area contributed by atoms with Gasteiger partial charge in [0.15, 0.2) is 0 Å². The lowest BCUT2D eigenvalue weighted by molar-refractivity contribution is -0.163. The number of aliphatic hydroxyl groups is 1. The van der Waals surface area contributed by atoms with Gasteiger partial charge in [-0.15, -0.1) is 0 Å². The van der Waals surface area contributed by atoms with Crippen molar-refractivity contribution in [2.75, 3.05) is 0 Å². The van der Waals surface area contributed by atoms with Crippen LogP contribution in [0.4, 0.5) is 0 Å². The first-order valence-electron chi connectivity index (χ1n) is 5.41. The van der Waals surface area contributed by atoms with Crippen molar-refractivity contribution in [3.8, 4) is 0 Å². The number of phosphoric acid groups is 1. The van der Waals surface area contributed by atoms with Crippen molar-refractivity contribution >= 4 is 7.82 Å². The molecule has 3 N–H and O–H groups in total. The van der Waals surface area contributed by atoms with Crippen molar-refractivity contribution in [3.63, 3.8) is 0 Å². The second-order valence-electron chi connectivity index (χ2n) is 3.84. The van der Waals surface area contributed by atoms with Crippen molar-refractivity contribution in [1.29, 1.82) is 0 Å². The number of hydrogen-bond acceptors (Lipinski definition) is 3. The molecule has 0 saturated carbocycles. The highest BCUT2D eigenvalue weighted by Crippen LogP contribution is 2.46. The number of rotatable bonds is 6. The number of hydrogen-bond donors (Lipinski definition) is 3. The van der Waals surface area contributed by atoms with Crippen LogP contribution < -0.4 is 0 Å². The number of benzene rings is 1. The molecule has 6 heteroatoms. The van der Waals surface area contributed by atoms with Gasteiger partial charge in [0.1, 0.15) is 0 Å². The minimum absolute atomic E-state index is 0.138. The molecule has 0 fully saturated rings. The average molecular weight is 260 g/mol. The molecule has 17 heavy (non-hydrogen) atoms. The van der Waals surface area contributed by atoms with Crippen LogP contribution in [0.2, 0.25) is 0 Å². The van der Waals surface area contributed by atoms with Gasteiger partial charge in [0.2, 0.25) is 5.79 Å². The van der Waals surface area contributed by atoms with Crippen molar-refractivity contribution in [3.05, 3.63) is 35.9 Å². The maximum atomic E-state index is 10.9. The van der Waals surface area contributed by atoms with Gasteiger partial charge in [0.25, 0.3) is 0 Å². The number of phosphoric ester groups is 1. The molecule has 1 atom stereocenters. The van der Waals surface area contributed by atoms with Gasteiger partial charge in [-0.3, -0.25) is 0 Å². The van der Waals surface area contributed by atoms with E-state index in [0.717, 1.165) is 6.42 Å². The number of unbranched alkanes of at least 4 members (excludes halogenated alkanes) is 1. The van der Waals surface area contributed by atoms with Gasteiger partial charge in [0.05, 0.1) is 0 Å². The van der Waals surface area contributed by atoms with Crippen molar-refractivity contribution in [2.24, 2.45) is 0 Å². The molecule has 0 amide bonds. The molecule has 0 aromatic heterocycles. The van der Waals surface area contributed by atoms with Crippen LogP contribution in [0.1, 0.15) is 31.7 Å². The van der Waals surface area contributed by atoms with E-state index in [1.54, 1.807) is 30.3 Å². The third-order valence-corrected chi connectivity index (χ3v) is 2.90. The average Bonchev–Trinajstić information content (AvgIpc) is 2.25. The van der Waals surface area contributed by atoms with Crippen LogP contribution in [0.3, 0.4) is 0 Å². The molecule has 1 unspecified atom stereocenters. The van der Waals surface area contributed by atoms with Gasteiger partial charge in [-0.05, 0) is 6.42 Å². The van der Waals surface area contributed by atoms with Crippen molar-refractivity contribution in [1.82, 2.24) is 0 Å². The predicted octanol–water partition coefficient (Wildman–Crippen LogP) is 2.13. The fraction of sp³-hybridized carbons (Fsp3) is 0.455. The Balaban J connectivity index is 2.97. The Hall–Kier alpha value is -0.710. The third-order valence-electron chi connectivity index (χ3n) is 2.36. The van der Waals surface area contributed by atoms with E-state index < -0.39 is 13.6 Å². The molecule has 0 radical (unpaired) electrons. The Morgan fingerprint density at radius 1 is 1.29 bits per heavy atom. The molecule has 0 aliphatic heterocycles. The van der Waals surface area contributed by atoms with Crippen LogP contribution in [-0.4, -0.2) is 14.9 Å². The summed E-state index contributed by atoms with van der Waals surface area (Å²) in [5.74, 6) is -1.93.